The lowest BCUT2D eigenvalue weighted by Crippen LogP contribution is -2.48. The second kappa shape index (κ2) is 8.77. The Morgan fingerprint density at radius 2 is 2.03 bits per heavy atom. The molecule has 0 amide bonds. The van der Waals surface area contributed by atoms with Crippen LogP contribution in [-0.4, -0.2) is 32.3 Å². The minimum absolute atomic E-state index is 0.0101. The molecule has 3 aliphatic rings. The van der Waals surface area contributed by atoms with Gasteiger partial charge in [-0.3, -0.25) is 0 Å². The number of ether oxygens (including phenoxy) is 1. The number of hydrogen-bond acceptors (Lipinski definition) is 4. The Morgan fingerprint density at radius 1 is 1.23 bits per heavy atom. The number of rotatable bonds is 5. The Balaban J connectivity index is 1.63. The molecule has 4 rings (SSSR count). The summed E-state index contributed by atoms with van der Waals surface area (Å²) in [6.07, 6.45) is 4.86. The predicted molar refractivity (Wildman–Crippen MR) is 113 cm³/mol. The maximum absolute atomic E-state index is 13.3. The number of benzene rings is 1. The van der Waals surface area contributed by atoms with Crippen LogP contribution in [0.5, 0.6) is 0 Å². The van der Waals surface area contributed by atoms with Crippen molar-refractivity contribution in [3.63, 3.8) is 0 Å². The highest BCUT2D eigenvalue weighted by molar-refractivity contribution is 7.90. The maximum atomic E-state index is 13.3. The molecule has 0 aromatic heterocycles. The molecule has 0 radical (unpaired) electrons. The van der Waals surface area contributed by atoms with E-state index in [1.165, 1.54) is 6.07 Å². The van der Waals surface area contributed by atoms with Crippen molar-refractivity contribution >= 4 is 27.3 Å². The molecule has 0 bridgehead atoms. The third kappa shape index (κ3) is 4.94. The van der Waals surface area contributed by atoms with Crippen LogP contribution in [0.3, 0.4) is 0 Å². The highest BCUT2D eigenvalue weighted by Gasteiger charge is 2.45. The molecule has 1 aliphatic carbocycles. The molecule has 0 saturated carbocycles. The number of anilines is 1. The summed E-state index contributed by atoms with van der Waals surface area (Å²) in [7, 11) is -3.61. The highest BCUT2D eigenvalue weighted by atomic mass is 35.5. The van der Waals surface area contributed by atoms with Crippen molar-refractivity contribution in [3.05, 3.63) is 53.6 Å². The van der Waals surface area contributed by atoms with Crippen molar-refractivity contribution in [3.8, 4) is 0 Å². The largest absolute Gasteiger partial charge is 0.416 e. The van der Waals surface area contributed by atoms with Crippen molar-refractivity contribution in [2.75, 3.05) is 17.1 Å². The third-order valence-electron chi connectivity index (χ3n) is 6.17. The number of allylic oxidation sites excluding steroid dienone is 3. The number of fused-ring (bicyclic) bond motifs is 3. The minimum Gasteiger partial charge on any atom is -0.381 e. The van der Waals surface area contributed by atoms with E-state index in [9.17, 15) is 21.6 Å². The number of alkyl halides is 4. The highest BCUT2D eigenvalue weighted by Crippen LogP contribution is 2.49. The quantitative estimate of drug-likeness (QED) is 0.610. The number of halogens is 4. The fourth-order valence-electron chi connectivity index (χ4n) is 4.67. The van der Waals surface area contributed by atoms with Gasteiger partial charge >= 0.3 is 6.18 Å². The molecule has 0 spiro atoms. The second-order valence-corrected chi connectivity index (χ2v) is 10.6. The van der Waals surface area contributed by atoms with Gasteiger partial charge in [0.05, 0.1) is 17.8 Å². The van der Waals surface area contributed by atoms with E-state index >= 15 is 0 Å². The molecular formula is C21H24ClF3N2O3S. The van der Waals surface area contributed by atoms with Gasteiger partial charge in [0.15, 0.2) is 0 Å². The summed E-state index contributed by atoms with van der Waals surface area (Å²) in [6, 6.07) is 3.70. The van der Waals surface area contributed by atoms with Crippen molar-refractivity contribution in [1.82, 2.24) is 4.72 Å². The van der Waals surface area contributed by atoms with Crippen LogP contribution >= 0.6 is 11.6 Å². The summed E-state index contributed by atoms with van der Waals surface area (Å²) < 4.78 is 72.1. The van der Waals surface area contributed by atoms with E-state index in [1.807, 2.05) is 12.2 Å². The first-order chi connectivity index (χ1) is 14.7. The Bertz CT molecular complexity index is 981. The first kappa shape index (κ1) is 22.6. The molecule has 170 valence electrons. The van der Waals surface area contributed by atoms with Crippen molar-refractivity contribution in [2.45, 2.75) is 43.7 Å². The lowest BCUT2D eigenvalue weighted by molar-refractivity contribution is -0.138. The zero-order valence-electron chi connectivity index (χ0n) is 16.6. The van der Waals surface area contributed by atoms with Crippen LogP contribution in [0.25, 0.3) is 0 Å². The minimum atomic E-state index is -4.46. The molecule has 2 N–H and O–H groups in total. The predicted octanol–water partition coefficient (Wildman–Crippen LogP) is 4.58. The van der Waals surface area contributed by atoms with Crippen LogP contribution in [0.4, 0.5) is 18.9 Å². The summed E-state index contributed by atoms with van der Waals surface area (Å²) in [5.41, 5.74) is 0.375. The number of hydrogen-bond donors (Lipinski definition) is 2. The Kier molecular flexibility index (Phi) is 6.40. The monoisotopic (exact) mass is 476 g/mol. The van der Waals surface area contributed by atoms with Crippen LogP contribution in [0.1, 0.15) is 36.5 Å². The fourth-order valence-corrected chi connectivity index (χ4v) is 5.42. The number of sulfonamides is 1. The van der Waals surface area contributed by atoms with Crippen LogP contribution in [0.15, 0.2) is 42.5 Å². The van der Waals surface area contributed by atoms with Crippen LogP contribution in [0, 0.1) is 11.8 Å². The van der Waals surface area contributed by atoms with Crippen LogP contribution in [-0.2, 0) is 20.9 Å². The van der Waals surface area contributed by atoms with Gasteiger partial charge in [0.2, 0.25) is 10.0 Å². The lowest BCUT2D eigenvalue weighted by Gasteiger charge is -2.47. The smallest absolute Gasteiger partial charge is 0.381 e. The van der Waals surface area contributed by atoms with Gasteiger partial charge in [-0.25, -0.2) is 13.1 Å². The fraction of sp³-hybridized carbons (Fsp3) is 0.524. The number of nitrogens with one attached hydrogen (secondary N) is 2. The molecule has 1 saturated heterocycles. The Labute approximate surface area is 184 Å². The van der Waals surface area contributed by atoms with E-state index in [2.05, 4.69) is 22.2 Å². The molecule has 5 nitrogen and oxygen atoms in total. The standard InChI is InChI=1S/C21H24ClF3N2O3S/c22-12-31(28,29)26-11-15-7-8-16-19(13-4-2-1-3-5-13)27-18-9-6-14(21(23,24)25)10-17(18)20(16)30-15/h1-4,6,9-10,13,15-16,19-20,26-27H,5,7-8,11-12H2/t13?,15-,16+,19+,20+/m1/s1. The summed E-state index contributed by atoms with van der Waals surface area (Å²) in [5, 5.41) is 2.90. The second-order valence-electron chi connectivity index (χ2n) is 8.17. The summed E-state index contributed by atoms with van der Waals surface area (Å²) in [5.74, 6) is 0.167. The third-order valence-corrected chi connectivity index (χ3v) is 7.92. The average molecular weight is 477 g/mol. The zero-order chi connectivity index (χ0) is 22.2. The van der Waals surface area contributed by atoms with Crippen molar-refractivity contribution in [1.29, 1.82) is 0 Å². The van der Waals surface area contributed by atoms with Gasteiger partial charge in [-0.15, -0.1) is 11.6 Å². The summed E-state index contributed by atoms with van der Waals surface area (Å²) >= 11 is 5.44. The Hall–Kier alpha value is -1.55. The molecule has 1 unspecified atom stereocenters. The maximum Gasteiger partial charge on any atom is 0.416 e. The van der Waals surface area contributed by atoms with Crippen molar-refractivity contribution < 1.29 is 26.3 Å². The van der Waals surface area contributed by atoms with Gasteiger partial charge in [0, 0.05) is 35.7 Å². The summed E-state index contributed by atoms with van der Waals surface area (Å²) in [4.78, 5) is 0. The van der Waals surface area contributed by atoms with Gasteiger partial charge in [-0.2, -0.15) is 13.2 Å². The normalized spacial score (nSPS) is 30.4. The van der Waals surface area contributed by atoms with E-state index in [4.69, 9.17) is 16.3 Å². The molecule has 5 atom stereocenters. The van der Waals surface area contributed by atoms with Gasteiger partial charge in [0.1, 0.15) is 5.21 Å². The van der Waals surface area contributed by atoms with E-state index < -0.39 is 39.2 Å². The van der Waals surface area contributed by atoms with Crippen LogP contribution in [0.2, 0.25) is 0 Å². The van der Waals surface area contributed by atoms with E-state index in [1.54, 1.807) is 0 Å². The first-order valence-corrected chi connectivity index (χ1v) is 12.4. The van der Waals surface area contributed by atoms with Gasteiger partial charge in [-0.1, -0.05) is 24.3 Å². The Morgan fingerprint density at radius 3 is 2.71 bits per heavy atom. The van der Waals surface area contributed by atoms with Gasteiger partial charge in [-0.05, 0) is 37.5 Å². The van der Waals surface area contributed by atoms with E-state index in [0.717, 1.165) is 18.6 Å². The molecule has 1 aromatic rings. The van der Waals surface area contributed by atoms with Crippen molar-refractivity contribution in [2.24, 2.45) is 11.8 Å². The van der Waals surface area contributed by atoms with Gasteiger partial charge in [0.25, 0.3) is 0 Å². The first-order valence-electron chi connectivity index (χ1n) is 10.2. The molecule has 10 heteroatoms. The SMILES string of the molecule is O=S(=O)(CCl)NC[C@H]1CC[C@@H]2[C@H](O1)c1cc(C(F)(F)F)ccc1N[C@H]2C1C=CC=CC1. The molecule has 2 aliphatic heterocycles. The molecule has 2 heterocycles. The topological polar surface area (TPSA) is 67.4 Å². The van der Waals surface area contributed by atoms with E-state index in [0.29, 0.717) is 24.1 Å². The molecule has 1 aromatic carbocycles. The molecule has 1 fully saturated rings. The van der Waals surface area contributed by atoms with Crippen LogP contribution < -0.4 is 10.0 Å². The lowest BCUT2D eigenvalue weighted by atomic mass is 9.73. The average Bonchev–Trinajstić information content (AvgIpc) is 2.76. The van der Waals surface area contributed by atoms with E-state index in [-0.39, 0.29) is 24.4 Å². The zero-order valence-corrected chi connectivity index (χ0v) is 18.2. The molecule has 31 heavy (non-hydrogen) atoms. The summed E-state index contributed by atoms with van der Waals surface area (Å²) in [6.45, 7) is 0.0384. The molecular weight excluding hydrogens is 453 g/mol. The van der Waals surface area contributed by atoms with Gasteiger partial charge < -0.3 is 10.1 Å².